The minimum Gasteiger partial charge on any atom is -0.353 e. The topological polar surface area (TPSA) is 18.5 Å². The van der Waals surface area contributed by atoms with Crippen LogP contribution in [0.5, 0.6) is 0 Å². The van der Waals surface area contributed by atoms with Crippen molar-refractivity contribution in [3.05, 3.63) is 0 Å². The van der Waals surface area contributed by atoms with Gasteiger partial charge in [-0.25, -0.2) is 0 Å². The summed E-state index contributed by atoms with van der Waals surface area (Å²) in [5.74, 6) is 1.69. The zero-order chi connectivity index (χ0) is 18.0. The minimum atomic E-state index is -0.318. The van der Waals surface area contributed by atoms with Crippen LogP contribution in [0.15, 0.2) is 0 Å². The Balaban J connectivity index is 2.02. The monoisotopic (exact) mass is 352 g/mol. The highest BCUT2D eigenvalue weighted by molar-refractivity contribution is 4.93. The third-order valence-corrected chi connectivity index (χ3v) is 7.17. The van der Waals surface area contributed by atoms with Gasteiger partial charge in [0, 0.05) is 26.1 Å². The molecule has 2 heteroatoms. The lowest BCUT2D eigenvalue weighted by molar-refractivity contribution is -0.282. The fourth-order valence-electron chi connectivity index (χ4n) is 5.80. The average molecular weight is 353 g/mol. The van der Waals surface area contributed by atoms with E-state index in [1.807, 2.05) is 14.2 Å². The molecular weight excluding hydrogens is 308 g/mol. The van der Waals surface area contributed by atoms with Gasteiger partial charge in [0.2, 0.25) is 0 Å². The van der Waals surface area contributed by atoms with Crippen LogP contribution in [0.4, 0.5) is 0 Å². The van der Waals surface area contributed by atoms with E-state index in [9.17, 15) is 0 Å². The molecule has 0 N–H and O–H groups in total. The second kappa shape index (κ2) is 11.6. The van der Waals surface area contributed by atoms with Crippen molar-refractivity contribution < 1.29 is 9.47 Å². The van der Waals surface area contributed by atoms with Gasteiger partial charge in [0.05, 0.1) is 0 Å². The molecule has 2 aliphatic carbocycles. The number of hydrogen-bond donors (Lipinski definition) is 0. The Hall–Kier alpha value is -0.0800. The fraction of sp³-hybridized carbons (Fsp3) is 1.00. The van der Waals surface area contributed by atoms with Crippen molar-refractivity contribution >= 4 is 0 Å². The predicted octanol–water partition coefficient (Wildman–Crippen LogP) is 7.11. The number of unbranched alkanes of at least 4 members (excludes halogenated alkanes) is 5. The molecule has 25 heavy (non-hydrogen) atoms. The van der Waals surface area contributed by atoms with E-state index in [4.69, 9.17) is 9.47 Å². The van der Waals surface area contributed by atoms with Crippen LogP contribution in [0.3, 0.4) is 0 Å². The molecule has 1 atom stereocenters. The summed E-state index contributed by atoms with van der Waals surface area (Å²) in [7, 11) is 3.83. The summed E-state index contributed by atoms with van der Waals surface area (Å²) in [5.41, 5.74) is 0. The molecule has 2 rings (SSSR count). The molecule has 0 amide bonds. The zero-order valence-corrected chi connectivity index (χ0v) is 17.4. The highest BCUT2D eigenvalue weighted by Gasteiger charge is 2.49. The van der Waals surface area contributed by atoms with E-state index < -0.39 is 0 Å². The van der Waals surface area contributed by atoms with Crippen LogP contribution in [0.25, 0.3) is 0 Å². The number of hydrogen-bond acceptors (Lipinski definition) is 2. The smallest absolute Gasteiger partial charge is 0.173 e. The maximum Gasteiger partial charge on any atom is 0.173 e. The number of rotatable bonds is 12. The predicted molar refractivity (Wildman–Crippen MR) is 107 cm³/mol. The highest BCUT2D eigenvalue weighted by Crippen LogP contribution is 2.48. The van der Waals surface area contributed by atoms with E-state index in [-0.39, 0.29) is 5.79 Å². The third kappa shape index (κ3) is 5.70. The Morgan fingerprint density at radius 1 is 0.760 bits per heavy atom. The van der Waals surface area contributed by atoms with Gasteiger partial charge in [-0.3, -0.25) is 0 Å². The second-order valence-corrected chi connectivity index (χ2v) is 8.67. The second-order valence-electron chi connectivity index (χ2n) is 8.67. The van der Waals surface area contributed by atoms with Gasteiger partial charge in [0.15, 0.2) is 5.79 Å². The summed E-state index contributed by atoms with van der Waals surface area (Å²) in [6, 6.07) is 0. The van der Waals surface area contributed by atoms with Crippen LogP contribution in [-0.2, 0) is 9.47 Å². The van der Waals surface area contributed by atoms with E-state index in [0.717, 1.165) is 5.92 Å². The van der Waals surface area contributed by atoms with Crippen LogP contribution in [-0.4, -0.2) is 20.0 Å². The molecule has 2 saturated carbocycles. The first-order chi connectivity index (χ1) is 12.3. The van der Waals surface area contributed by atoms with Gasteiger partial charge in [0.1, 0.15) is 0 Å². The van der Waals surface area contributed by atoms with Gasteiger partial charge in [-0.05, 0) is 38.0 Å². The number of methoxy groups -OCH3 is 2. The molecule has 0 aromatic carbocycles. The lowest BCUT2D eigenvalue weighted by Gasteiger charge is -2.47. The maximum absolute atomic E-state index is 6.26. The number of ether oxygens (including phenoxy) is 2. The summed E-state index contributed by atoms with van der Waals surface area (Å²) < 4.78 is 12.5. The van der Waals surface area contributed by atoms with E-state index in [2.05, 4.69) is 6.92 Å². The quantitative estimate of drug-likeness (QED) is 0.275. The Bertz CT molecular complexity index is 325. The molecule has 0 bridgehead atoms. The zero-order valence-electron chi connectivity index (χ0n) is 17.4. The third-order valence-electron chi connectivity index (χ3n) is 7.17. The molecule has 2 aliphatic rings. The highest BCUT2D eigenvalue weighted by atomic mass is 16.7. The summed E-state index contributed by atoms with van der Waals surface area (Å²) >= 11 is 0. The van der Waals surface area contributed by atoms with Crippen molar-refractivity contribution in [1.29, 1.82) is 0 Å². The maximum atomic E-state index is 6.26. The largest absolute Gasteiger partial charge is 0.353 e. The van der Waals surface area contributed by atoms with Crippen molar-refractivity contribution in [1.82, 2.24) is 0 Å². The van der Waals surface area contributed by atoms with Gasteiger partial charge in [-0.2, -0.15) is 0 Å². The molecule has 1 unspecified atom stereocenters. The van der Waals surface area contributed by atoms with Crippen molar-refractivity contribution in [2.75, 3.05) is 14.2 Å². The summed E-state index contributed by atoms with van der Waals surface area (Å²) in [4.78, 5) is 0. The molecule has 148 valence electrons. The molecule has 0 aromatic rings. The molecule has 2 nitrogen and oxygen atoms in total. The van der Waals surface area contributed by atoms with Crippen LogP contribution in [0, 0.1) is 17.8 Å². The standard InChI is InChI=1S/C23H44O2/c1-4-5-6-7-8-12-19-22(20-15-10-9-11-16-20)23(24-2,25-3)21-17-13-14-18-21/h20-22H,4-19H2,1-3H3. The van der Waals surface area contributed by atoms with Crippen LogP contribution < -0.4 is 0 Å². The van der Waals surface area contributed by atoms with Gasteiger partial charge in [-0.1, -0.05) is 77.6 Å². The molecule has 0 aliphatic heterocycles. The molecule has 0 aromatic heterocycles. The van der Waals surface area contributed by atoms with E-state index >= 15 is 0 Å². The first-order valence-electron chi connectivity index (χ1n) is 11.4. The van der Waals surface area contributed by atoms with Gasteiger partial charge >= 0.3 is 0 Å². The van der Waals surface area contributed by atoms with E-state index in [0.29, 0.717) is 11.8 Å². The van der Waals surface area contributed by atoms with E-state index in [1.54, 1.807) is 0 Å². The first kappa shape index (κ1) is 21.2. The van der Waals surface area contributed by atoms with Crippen molar-refractivity contribution in [3.63, 3.8) is 0 Å². The normalized spacial score (nSPS) is 21.7. The minimum absolute atomic E-state index is 0.318. The average Bonchev–Trinajstić information content (AvgIpc) is 3.20. The lowest BCUT2D eigenvalue weighted by atomic mass is 9.70. The first-order valence-corrected chi connectivity index (χ1v) is 11.4. The lowest BCUT2D eigenvalue weighted by Crippen LogP contribution is -2.51. The summed E-state index contributed by atoms with van der Waals surface area (Å²) in [6.45, 7) is 2.30. The molecule has 0 saturated heterocycles. The molecule has 0 heterocycles. The molecule has 0 spiro atoms. The van der Waals surface area contributed by atoms with E-state index in [1.165, 1.54) is 103 Å². The molecule has 0 radical (unpaired) electrons. The van der Waals surface area contributed by atoms with Gasteiger partial charge in [-0.15, -0.1) is 0 Å². The van der Waals surface area contributed by atoms with Gasteiger partial charge in [0.25, 0.3) is 0 Å². The fourth-order valence-corrected chi connectivity index (χ4v) is 5.80. The van der Waals surface area contributed by atoms with Crippen LogP contribution in [0.1, 0.15) is 110 Å². The van der Waals surface area contributed by atoms with Gasteiger partial charge < -0.3 is 9.47 Å². The van der Waals surface area contributed by atoms with Crippen molar-refractivity contribution in [2.45, 2.75) is 115 Å². The molecular formula is C23H44O2. The molecule has 2 fully saturated rings. The van der Waals surface area contributed by atoms with Crippen molar-refractivity contribution in [3.8, 4) is 0 Å². The van der Waals surface area contributed by atoms with Crippen LogP contribution >= 0.6 is 0 Å². The Morgan fingerprint density at radius 2 is 1.32 bits per heavy atom. The van der Waals surface area contributed by atoms with Crippen LogP contribution in [0.2, 0.25) is 0 Å². The SMILES string of the molecule is CCCCCCCCC(C1CCCCC1)C(OC)(OC)C1CCCC1. The Kier molecular flexibility index (Phi) is 9.84. The van der Waals surface area contributed by atoms with Crippen molar-refractivity contribution in [2.24, 2.45) is 17.8 Å². The summed E-state index contributed by atoms with van der Waals surface area (Å²) in [5, 5.41) is 0. The Labute approximate surface area is 157 Å². The Morgan fingerprint density at radius 3 is 1.92 bits per heavy atom. The summed E-state index contributed by atoms with van der Waals surface area (Å²) in [6.07, 6.45) is 21.9.